The molecule has 0 aromatic rings. The summed E-state index contributed by atoms with van der Waals surface area (Å²) >= 11 is 0. The Bertz CT molecular complexity index is 382. The van der Waals surface area contributed by atoms with Gasteiger partial charge in [-0.1, -0.05) is 0 Å². The van der Waals surface area contributed by atoms with Crippen LogP contribution in [0.2, 0.25) is 0 Å². The molecule has 0 amide bonds. The van der Waals surface area contributed by atoms with Gasteiger partial charge in [0.2, 0.25) is 0 Å². The SMILES string of the molecule is CCOC(=N)C12CC3CC(C1)CC(C(=N)OCC)(C3)C2. The molecule has 4 saturated carbocycles. The first-order valence-corrected chi connectivity index (χ1v) is 7.97. The highest BCUT2D eigenvalue weighted by atomic mass is 16.5. The van der Waals surface area contributed by atoms with E-state index >= 15 is 0 Å². The smallest absolute Gasteiger partial charge is 0.186 e. The van der Waals surface area contributed by atoms with Crippen molar-refractivity contribution in [1.82, 2.24) is 0 Å². The van der Waals surface area contributed by atoms with Gasteiger partial charge in [0.15, 0.2) is 11.8 Å². The highest BCUT2D eigenvalue weighted by Gasteiger charge is 2.62. The first-order valence-electron chi connectivity index (χ1n) is 7.97. The third kappa shape index (κ3) is 1.95. The zero-order valence-corrected chi connectivity index (χ0v) is 12.6. The zero-order valence-electron chi connectivity index (χ0n) is 12.6. The quantitative estimate of drug-likeness (QED) is 0.609. The minimum Gasteiger partial charge on any atom is -0.481 e. The molecular weight excluding hydrogens is 252 g/mol. The summed E-state index contributed by atoms with van der Waals surface area (Å²) in [6.07, 6.45) is 6.52. The molecule has 0 saturated heterocycles. The Kier molecular flexibility index (Phi) is 3.30. The van der Waals surface area contributed by atoms with E-state index in [1.54, 1.807) is 0 Å². The minimum atomic E-state index is -0.108. The van der Waals surface area contributed by atoms with Crippen molar-refractivity contribution in [3.8, 4) is 0 Å². The van der Waals surface area contributed by atoms with Crippen LogP contribution >= 0.6 is 0 Å². The van der Waals surface area contributed by atoms with Gasteiger partial charge in [-0.3, -0.25) is 10.8 Å². The van der Waals surface area contributed by atoms with E-state index in [4.69, 9.17) is 20.3 Å². The predicted molar refractivity (Wildman–Crippen MR) is 78.3 cm³/mol. The minimum absolute atomic E-state index is 0.108. The molecule has 0 radical (unpaired) electrons. The lowest BCUT2D eigenvalue weighted by Gasteiger charge is -2.61. The van der Waals surface area contributed by atoms with Crippen LogP contribution in [0.25, 0.3) is 0 Å². The topological polar surface area (TPSA) is 66.2 Å². The number of hydrogen-bond acceptors (Lipinski definition) is 4. The maximum Gasteiger partial charge on any atom is 0.186 e. The molecule has 0 atom stereocenters. The van der Waals surface area contributed by atoms with Crippen LogP contribution in [0.4, 0.5) is 0 Å². The van der Waals surface area contributed by atoms with E-state index in [9.17, 15) is 0 Å². The second kappa shape index (κ2) is 4.74. The summed E-state index contributed by atoms with van der Waals surface area (Å²) in [5.74, 6) is 2.25. The largest absolute Gasteiger partial charge is 0.481 e. The summed E-state index contributed by atoms with van der Waals surface area (Å²) in [7, 11) is 0. The van der Waals surface area contributed by atoms with E-state index in [-0.39, 0.29) is 10.8 Å². The monoisotopic (exact) mass is 278 g/mol. The normalized spacial score (nSPS) is 41.5. The number of hydrogen-bond donors (Lipinski definition) is 2. The Morgan fingerprint density at radius 2 is 1.30 bits per heavy atom. The fourth-order valence-electron chi connectivity index (χ4n) is 5.39. The molecule has 4 nitrogen and oxygen atoms in total. The molecule has 4 rings (SSSR count). The van der Waals surface area contributed by atoms with Crippen molar-refractivity contribution in [3.63, 3.8) is 0 Å². The Labute approximate surface area is 121 Å². The number of ether oxygens (including phenoxy) is 2. The van der Waals surface area contributed by atoms with Gasteiger partial charge in [-0.2, -0.15) is 0 Å². The third-order valence-electron chi connectivity index (χ3n) is 5.60. The van der Waals surface area contributed by atoms with Crippen LogP contribution in [0.15, 0.2) is 0 Å². The summed E-state index contributed by atoms with van der Waals surface area (Å²) < 4.78 is 11.2. The Morgan fingerprint density at radius 3 is 1.65 bits per heavy atom. The lowest BCUT2D eigenvalue weighted by Crippen LogP contribution is -2.58. The molecule has 2 N–H and O–H groups in total. The van der Waals surface area contributed by atoms with Crippen molar-refractivity contribution in [2.45, 2.75) is 52.4 Å². The summed E-state index contributed by atoms with van der Waals surface area (Å²) in [5, 5.41) is 16.7. The van der Waals surface area contributed by atoms with E-state index in [0.29, 0.717) is 36.8 Å². The van der Waals surface area contributed by atoms with Crippen molar-refractivity contribution < 1.29 is 9.47 Å². The van der Waals surface area contributed by atoms with Gasteiger partial charge in [0.05, 0.1) is 13.2 Å². The Morgan fingerprint density at radius 1 is 0.900 bits per heavy atom. The van der Waals surface area contributed by atoms with Crippen molar-refractivity contribution in [2.75, 3.05) is 13.2 Å². The highest BCUT2D eigenvalue weighted by Crippen LogP contribution is 2.66. The Hall–Kier alpha value is -1.06. The lowest BCUT2D eigenvalue weighted by molar-refractivity contribution is -0.0620. The maximum atomic E-state index is 8.36. The second-order valence-electron chi connectivity index (χ2n) is 7.05. The van der Waals surface area contributed by atoms with E-state index in [2.05, 4.69) is 0 Å². The van der Waals surface area contributed by atoms with E-state index in [1.165, 1.54) is 6.42 Å². The summed E-state index contributed by atoms with van der Waals surface area (Å²) in [4.78, 5) is 0. The summed E-state index contributed by atoms with van der Waals surface area (Å²) in [5.41, 5.74) is -0.215. The van der Waals surface area contributed by atoms with Gasteiger partial charge >= 0.3 is 0 Å². The molecule has 4 aliphatic carbocycles. The summed E-state index contributed by atoms with van der Waals surface area (Å²) in [6.45, 7) is 5.05. The van der Waals surface area contributed by atoms with Gasteiger partial charge in [0.25, 0.3) is 0 Å². The molecule has 0 spiro atoms. The Balaban J connectivity index is 1.89. The van der Waals surface area contributed by atoms with Crippen molar-refractivity contribution in [1.29, 1.82) is 10.8 Å². The number of rotatable bonds is 4. The van der Waals surface area contributed by atoms with Crippen molar-refractivity contribution in [2.24, 2.45) is 22.7 Å². The van der Waals surface area contributed by atoms with Crippen LogP contribution < -0.4 is 0 Å². The average molecular weight is 278 g/mol. The van der Waals surface area contributed by atoms with Gasteiger partial charge in [-0.15, -0.1) is 0 Å². The van der Waals surface area contributed by atoms with Crippen LogP contribution in [0.5, 0.6) is 0 Å². The van der Waals surface area contributed by atoms with Gasteiger partial charge in [0.1, 0.15) is 0 Å². The molecule has 0 aliphatic heterocycles. The second-order valence-corrected chi connectivity index (χ2v) is 7.05. The maximum absolute atomic E-state index is 8.36. The van der Waals surface area contributed by atoms with Crippen molar-refractivity contribution in [3.05, 3.63) is 0 Å². The first kappa shape index (κ1) is 13.9. The van der Waals surface area contributed by atoms with E-state index in [0.717, 1.165) is 32.1 Å². The summed E-state index contributed by atoms with van der Waals surface area (Å²) in [6, 6.07) is 0. The van der Waals surface area contributed by atoms with E-state index in [1.807, 2.05) is 13.8 Å². The fraction of sp³-hybridized carbons (Fsp3) is 0.875. The third-order valence-corrected chi connectivity index (χ3v) is 5.60. The molecule has 0 aromatic heterocycles. The fourth-order valence-corrected chi connectivity index (χ4v) is 5.39. The van der Waals surface area contributed by atoms with Gasteiger partial charge < -0.3 is 9.47 Å². The molecule has 4 bridgehead atoms. The number of nitrogens with one attached hydrogen (secondary N) is 2. The standard InChI is InChI=1S/C16H26N2O2/c1-3-19-13(17)15-6-11-5-12(7-15)9-16(8-11,10-15)14(18)20-4-2/h11-12,17-18H,3-10H2,1-2H3. The molecule has 0 heterocycles. The predicted octanol–water partition coefficient (Wildman–Crippen LogP) is 3.60. The van der Waals surface area contributed by atoms with Crippen LogP contribution in [-0.4, -0.2) is 25.0 Å². The molecular formula is C16H26N2O2. The van der Waals surface area contributed by atoms with Crippen LogP contribution in [0.1, 0.15) is 52.4 Å². The highest BCUT2D eigenvalue weighted by molar-refractivity contribution is 5.85. The lowest BCUT2D eigenvalue weighted by atomic mass is 9.44. The van der Waals surface area contributed by atoms with Gasteiger partial charge in [0, 0.05) is 10.8 Å². The molecule has 4 aliphatic rings. The molecule has 0 unspecified atom stereocenters. The molecule has 4 heteroatoms. The van der Waals surface area contributed by atoms with Gasteiger partial charge in [-0.05, 0) is 64.2 Å². The molecule has 20 heavy (non-hydrogen) atoms. The molecule has 4 fully saturated rings. The molecule has 112 valence electrons. The van der Waals surface area contributed by atoms with Crippen LogP contribution in [0.3, 0.4) is 0 Å². The first-order chi connectivity index (χ1) is 9.53. The zero-order chi connectivity index (χ0) is 14.4. The van der Waals surface area contributed by atoms with Crippen molar-refractivity contribution >= 4 is 11.8 Å². The average Bonchev–Trinajstić information content (AvgIpc) is 2.37. The van der Waals surface area contributed by atoms with E-state index < -0.39 is 0 Å². The van der Waals surface area contributed by atoms with Gasteiger partial charge in [-0.25, -0.2) is 0 Å². The molecule has 0 aromatic carbocycles. The van der Waals surface area contributed by atoms with Crippen LogP contribution in [0, 0.1) is 33.5 Å². The van der Waals surface area contributed by atoms with Crippen LogP contribution in [-0.2, 0) is 9.47 Å².